The van der Waals surface area contributed by atoms with Gasteiger partial charge in [0.2, 0.25) is 0 Å². The van der Waals surface area contributed by atoms with Gasteiger partial charge in [0.05, 0.1) is 0 Å². The van der Waals surface area contributed by atoms with Gasteiger partial charge in [0, 0.05) is 31.1 Å². The molecule has 0 radical (unpaired) electrons. The van der Waals surface area contributed by atoms with E-state index in [-0.39, 0.29) is 0 Å². The third-order valence-electron chi connectivity index (χ3n) is 5.18. The minimum absolute atomic E-state index is 0.506. The number of aryl methyl sites for hydroxylation is 1. The maximum Gasteiger partial charge on any atom is 0.191 e. The Bertz CT molecular complexity index is 693. The zero-order valence-electron chi connectivity index (χ0n) is 16.0. The number of guanidine groups is 1. The molecule has 2 atom stereocenters. The molecule has 26 heavy (non-hydrogen) atoms. The first-order valence-corrected chi connectivity index (χ1v) is 10.3. The Hall–Kier alpha value is -1.85. The predicted octanol–water partition coefficient (Wildman–Crippen LogP) is 3.80. The zero-order valence-corrected chi connectivity index (χ0v) is 16.9. The standard InChI is InChI=1S/C21H30N4S/c1-16-8-10-17(11-9-16)14-23-21(22-2)24-15-18-6-4-12-25(3)20(18)19-7-5-13-26-19/h5,7-11,13,18,20H,4,6,12,14-15H2,1-3H3,(H2,22,23,24). The number of benzene rings is 1. The number of hydrogen-bond donors (Lipinski definition) is 2. The van der Waals surface area contributed by atoms with Gasteiger partial charge in [0.15, 0.2) is 5.96 Å². The van der Waals surface area contributed by atoms with Crippen LogP contribution in [0.1, 0.15) is 34.9 Å². The molecule has 3 rings (SSSR count). The van der Waals surface area contributed by atoms with Crippen LogP contribution in [0, 0.1) is 12.8 Å². The van der Waals surface area contributed by atoms with Gasteiger partial charge in [-0.15, -0.1) is 11.3 Å². The molecular weight excluding hydrogens is 340 g/mol. The van der Waals surface area contributed by atoms with E-state index >= 15 is 0 Å². The lowest BCUT2D eigenvalue weighted by Crippen LogP contribution is -2.44. The van der Waals surface area contributed by atoms with Crippen LogP contribution in [0.15, 0.2) is 46.8 Å². The Balaban J connectivity index is 1.55. The average molecular weight is 371 g/mol. The molecule has 5 heteroatoms. The van der Waals surface area contributed by atoms with Gasteiger partial charge in [-0.05, 0) is 56.3 Å². The van der Waals surface area contributed by atoms with E-state index < -0.39 is 0 Å². The average Bonchev–Trinajstić information content (AvgIpc) is 3.17. The molecule has 0 bridgehead atoms. The Morgan fingerprint density at radius 3 is 2.73 bits per heavy atom. The molecule has 0 amide bonds. The lowest BCUT2D eigenvalue weighted by atomic mass is 9.88. The first-order valence-electron chi connectivity index (χ1n) is 9.41. The van der Waals surface area contributed by atoms with Crippen molar-refractivity contribution >= 4 is 17.3 Å². The number of thiophene rings is 1. The van der Waals surface area contributed by atoms with E-state index in [2.05, 4.69) is 76.3 Å². The zero-order chi connectivity index (χ0) is 18.4. The number of nitrogens with zero attached hydrogens (tertiary/aromatic N) is 2. The summed E-state index contributed by atoms with van der Waals surface area (Å²) in [5, 5.41) is 9.17. The van der Waals surface area contributed by atoms with Crippen LogP contribution in [-0.2, 0) is 6.54 Å². The van der Waals surface area contributed by atoms with E-state index in [9.17, 15) is 0 Å². The molecule has 1 aliphatic rings. The first kappa shape index (κ1) is 18.9. The molecule has 1 saturated heterocycles. The van der Waals surface area contributed by atoms with E-state index in [1.165, 1.54) is 35.4 Å². The van der Waals surface area contributed by atoms with Gasteiger partial charge >= 0.3 is 0 Å². The smallest absolute Gasteiger partial charge is 0.191 e. The summed E-state index contributed by atoms with van der Waals surface area (Å²) in [6, 6.07) is 13.6. The maximum absolute atomic E-state index is 4.40. The molecule has 2 heterocycles. The summed E-state index contributed by atoms with van der Waals surface area (Å²) in [7, 11) is 4.09. The van der Waals surface area contributed by atoms with Gasteiger partial charge in [-0.3, -0.25) is 9.89 Å². The lowest BCUT2D eigenvalue weighted by Gasteiger charge is -2.39. The van der Waals surface area contributed by atoms with Crippen molar-refractivity contribution in [3.8, 4) is 0 Å². The van der Waals surface area contributed by atoms with Crippen LogP contribution in [0.4, 0.5) is 0 Å². The highest BCUT2D eigenvalue weighted by molar-refractivity contribution is 7.10. The number of rotatable bonds is 5. The van der Waals surface area contributed by atoms with Crippen LogP contribution in [-0.4, -0.2) is 38.0 Å². The molecule has 0 aliphatic carbocycles. The molecular formula is C21H30N4S. The molecule has 1 aromatic carbocycles. The monoisotopic (exact) mass is 370 g/mol. The molecule has 2 N–H and O–H groups in total. The van der Waals surface area contributed by atoms with Crippen molar-refractivity contribution in [2.24, 2.45) is 10.9 Å². The van der Waals surface area contributed by atoms with Crippen molar-refractivity contribution in [1.29, 1.82) is 0 Å². The third-order valence-corrected chi connectivity index (χ3v) is 6.12. The second kappa shape index (κ2) is 9.19. The summed E-state index contributed by atoms with van der Waals surface area (Å²) >= 11 is 1.87. The van der Waals surface area contributed by atoms with Crippen LogP contribution >= 0.6 is 11.3 Å². The number of piperidine rings is 1. The molecule has 2 aromatic rings. The minimum Gasteiger partial charge on any atom is -0.356 e. The van der Waals surface area contributed by atoms with E-state index in [0.29, 0.717) is 12.0 Å². The van der Waals surface area contributed by atoms with Gasteiger partial charge in [-0.25, -0.2) is 0 Å². The highest BCUT2D eigenvalue weighted by Crippen LogP contribution is 2.36. The summed E-state index contributed by atoms with van der Waals surface area (Å²) in [5.74, 6) is 1.48. The van der Waals surface area contributed by atoms with E-state index in [0.717, 1.165) is 19.0 Å². The van der Waals surface area contributed by atoms with Crippen LogP contribution < -0.4 is 10.6 Å². The van der Waals surface area contributed by atoms with Crippen molar-refractivity contribution in [3.05, 3.63) is 57.8 Å². The van der Waals surface area contributed by atoms with Gasteiger partial charge in [0.25, 0.3) is 0 Å². The lowest BCUT2D eigenvalue weighted by molar-refractivity contribution is 0.125. The Labute approximate surface area is 161 Å². The van der Waals surface area contributed by atoms with Gasteiger partial charge in [-0.2, -0.15) is 0 Å². The van der Waals surface area contributed by atoms with Crippen molar-refractivity contribution < 1.29 is 0 Å². The second-order valence-corrected chi connectivity index (χ2v) is 8.11. The maximum atomic E-state index is 4.40. The fourth-order valence-corrected chi connectivity index (χ4v) is 4.71. The number of aliphatic imine (C=N–C) groups is 1. The molecule has 1 aliphatic heterocycles. The second-order valence-electron chi connectivity index (χ2n) is 7.14. The molecule has 4 nitrogen and oxygen atoms in total. The summed E-state index contributed by atoms with van der Waals surface area (Å²) in [5.41, 5.74) is 2.56. The molecule has 0 spiro atoms. The van der Waals surface area contributed by atoms with E-state index in [1.807, 2.05) is 18.4 Å². The van der Waals surface area contributed by atoms with Crippen LogP contribution in [0.5, 0.6) is 0 Å². The number of likely N-dealkylation sites (tertiary alicyclic amines) is 1. The summed E-state index contributed by atoms with van der Waals surface area (Å²) < 4.78 is 0. The quantitative estimate of drug-likeness (QED) is 0.621. The molecule has 1 fully saturated rings. The van der Waals surface area contributed by atoms with Crippen LogP contribution in [0.2, 0.25) is 0 Å². The van der Waals surface area contributed by atoms with Gasteiger partial charge in [-0.1, -0.05) is 35.9 Å². The first-order chi connectivity index (χ1) is 12.7. The van der Waals surface area contributed by atoms with Gasteiger partial charge < -0.3 is 10.6 Å². The molecule has 1 aromatic heterocycles. The Kier molecular flexibility index (Phi) is 6.69. The van der Waals surface area contributed by atoms with Crippen molar-refractivity contribution in [3.63, 3.8) is 0 Å². The number of nitrogens with one attached hydrogen (secondary N) is 2. The summed E-state index contributed by atoms with van der Waals surface area (Å²) in [6.45, 7) is 5.03. The SMILES string of the molecule is CN=C(NCc1ccc(C)cc1)NCC1CCCN(C)C1c1cccs1. The largest absolute Gasteiger partial charge is 0.356 e. The normalized spacial score (nSPS) is 21.6. The highest BCUT2D eigenvalue weighted by atomic mass is 32.1. The van der Waals surface area contributed by atoms with Crippen molar-refractivity contribution in [2.75, 3.05) is 27.2 Å². The topological polar surface area (TPSA) is 39.7 Å². The van der Waals surface area contributed by atoms with Crippen molar-refractivity contribution in [2.45, 2.75) is 32.4 Å². The molecule has 0 saturated carbocycles. The predicted molar refractivity (Wildman–Crippen MR) is 112 cm³/mol. The fourth-order valence-electron chi connectivity index (χ4n) is 3.72. The van der Waals surface area contributed by atoms with E-state index in [1.54, 1.807) is 0 Å². The molecule has 140 valence electrons. The highest BCUT2D eigenvalue weighted by Gasteiger charge is 2.31. The Morgan fingerprint density at radius 2 is 2.04 bits per heavy atom. The summed E-state index contributed by atoms with van der Waals surface area (Å²) in [4.78, 5) is 8.37. The van der Waals surface area contributed by atoms with Gasteiger partial charge in [0.1, 0.15) is 0 Å². The van der Waals surface area contributed by atoms with Crippen molar-refractivity contribution in [1.82, 2.24) is 15.5 Å². The fraction of sp³-hybridized carbons (Fsp3) is 0.476. The number of hydrogen-bond acceptors (Lipinski definition) is 3. The van der Waals surface area contributed by atoms with Crippen LogP contribution in [0.25, 0.3) is 0 Å². The Morgan fingerprint density at radius 1 is 1.23 bits per heavy atom. The van der Waals surface area contributed by atoms with E-state index in [4.69, 9.17) is 0 Å². The molecule has 2 unspecified atom stereocenters. The summed E-state index contributed by atoms with van der Waals surface area (Å²) in [6.07, 6.45) is 2.52. The van der Waals surface area contributed by atoms with Crippen LogP contribution in [0.3, 0.4) is 0 Å². The minimum atomic E-state index is 0.506. The third kappa shape index (κ3) is 4.86.